The molecule has 1 amide bonds. The van der Waals surface area contributed by atoms with Gasteiger partial charge in [0.05, 0.1) is 26.2 Å². The maximum atomic E-state index is 12.4. The summed E-state index contributed by atoms with van der Waals surface area (Å²) in [5.41, 5.74) is 2.05. The van der Waals surface area contributed by atoms with Gasteiger partial charge >= 0.3 is 0 Å². The highest BCUT2D eigenvalue weighted by molar-refractivity contribution is 5.91. The number of quaternary nitrogens is 1. The number of benzene rings is 3. The molecule has 0 spiro atoms. The highest BCUT2D eigenvalue weighted by atomic mass is 16.5. The molecule has 1 saturated heterocycles. The Morgan fingerprint density at radius 2 is 1.41 bits per heavy atom. The zero-order valence-corrected chi connectivity index (χ0v) is 16.4. The number of carbonyl (C=O) groups is 1. The van der Waals surface area contributed by atoms with E-state index in [1.165, 1.54) is 10.6 Å². The van der Waals surface area contributed by atoms with E-state index in [2.05, 4.69) is 34.5 Å². The van der Waals surface area contributed by atoms with Crippen LogP contribution in [-0.2, 0) is 4.79 Å². The van der Waals surface area contributed by atoms with Crippen LogP contribution in [0.15, 0.2) is 84.9 Å². The van der Waals surface area contributed by atoms with E-state index in [1.54, 1.807) is 0 Å². The van der Waals surface area contributed by atoms with E-state index in [0.29, 0.717) is 6.54 Å². The molecule has 0 unspecified atom stereocenters. The van der Waals surface area contributed by atoms with Crippen molar-refractivity contribution < 1.29 is 14.4 Å². The van der Waals surface area contributed by atoms with Gasteiger partial charge in [-0.3, -0.25) is 4.79 Å². The molecular weight excluding hydrogens is 362 g/mol. The lowest BCUT2D eigenvalue weighted by Crippen LogP contribution is -3.15. The highest BCUT2D eigenvalue weighted by Gasteiger charge is 2.22. The Kier molecular flexibility index (Phi) is 6.07. The summed E-state index contributed by atoms with van der Waals surface area (Å²) in [7, 11) is 0. The molecule has 3 aromatic carbocycles. The Morgan fingerprint density at radius 1 is 0.828 bits per heavy atom. The Balaban J connectivity index is 1.24. The molecule has 0 atom stereocenters. The van der Waals surface area contributed by atoms with E-state index in [4.69, 9.17) is 4.74 Å². The van der Waals surface area contributed by atoms with Crippen molar-refractivity contribution in [3.8, 4) is 11.5 Å². The largest absolute Gasteiger partial charge is 0.457 e. The van der Waals surface area contributed by atoms with Crippen LogP contribution < -0.4 is 19.9 Å². The summed E-state index contributed by atoms with van der Waals surface area (Å²) in [6, 6.07) is 27.6. The summed E-state index contributed by atoms with van der Waals surface area (Å²) >= 11 is 0. The van der Waals surface area contributed by atoms with E-state index in [9.17, 15) is 4.79 Å². The van der Waals surface area contributed by atoms with Gasteiger partial charge in [0, 0.05) is 11.4 Å². The molecule has 4 rings (SSSR count). The van der Waals surface area contributed by atoms with Crippen molar-refractivity contribution in [2.45, 2.75) is 0 Å². The number of amides is 1. The van der Waals surface area contributed by atoms with Gasteiger partial charge in [-0.05, 0) is 48.5 Å². The van der Waals surface area contributed by atoms with Crippen molar-refractivity contribution in [2.75, 3.05) is 42.9 Å². The van der Waals surface area contributed by atoms with Gasteiger partial charge in [-0.15, -0.1) is 0 Å². The predicted octanol–water partition coefficient (Wildman–Crippen LogP) is 2.82. The Morgan fingerprint density at radius 3 is 2.07 bits per heavy atom. The maximum Gasteiger partial charge on any atom is 0.279 e. The van der Waals surface area contributed by atoms with Crippen LogP contribution in [0, 0.1) is 0 Å². The summed E-state index contributed by atoms with van der Waals surface area (Å²) in [6.07, 6.45) is 0. The van der Waals surface area contributed by atoms with E-state index in [0.717, 1.165) is 43.4 Å². The third kappa shape index (κ3) is 5.36. The summed E-state index contributed by atoms with van der Waals surface area (Å²) in [6.45, 7) is 4.36. The molecule has 1 heterocycles. The SMILES string of the molecule is O=C(C[NH+]1CCN(c2ccccc2)CC1)Nc1ccc(Oc2ccccc2)cc1. The van der Waals surface area contributed by atoms with Gasteiger partial charge in [0.1, 0.15) is 11.5 Å². The van der Waals surface area contributed by atoms with E-state index >= 15 is 0 Å². The van der Waals surface area contributed by atoms with Crippen LogP contribution in [0.25, 0.3) is 0 Å². The van der Waals surface area contributed by atoms with Crippen LogP contribution in [-0.4, -0.2) is 38.6 Å². The van der Waals surface area contributed by atoms with Crippen LogP contribution in [0.4, 0.5) is 11.4 Å². The molecule has 5 heteroatoms. The van der Waals surface area contributed by atoms with E-state index < -0.39 is 0 Å². The molecule has 3 aromatic rings. The van der Waals surface area contributed by atoms with Gasteiger partial charge < -0.3 is 19.9 Å². The third-order valence-corrected chi connectivity index (χ3v) is 5.12. The fourth-order valence-corrected chi connectivity index (χ4v) is 3.56. The molecule has 0 saturated carbocycles. The molecule has 0 aromatic heterocycles. The van der Waals surface area contributed by atoms with Gasteiger partial charge in [-0.25, -0.2) is 0 Å². The minimum atomic E-state index is 0.0462. The molecule has 0 aliphatic carbocycles. The van der Waals surface area contributed by atoms with Gasteiger partial charge in [0.15, 0.2) is 6.54 Å². The molecule has 2 N–H and O–H groups in total. The fraction of sp³-hybridized carbons (Fsp3) is 0.208. The molecule has 5 nitrogen and oxygen atoms in total. The first-order valence-electron chi connectivity index (χ1n) is 10.0. The number of carbonyl (C=O) groups excluding carboxylic acids is 1. The van der Waals surface area contributed by atoms with Crippen molar-refractivity contribution in [2.24, 2.45) is 0 Å². The van der Waals surface area contributed by atoms with Crippen molar-refractivity contribution in [3.63, 3.8) is 0 Å². The Bertz CT molecular complexity index is 906. The molecule has 148 valence electrons. The Hall–Kier alpha value is -3.31. The summed E-state index contributed by atoms with van der Waals surface area (Å²) in [4.78, 5) is 16.1. The lowest BCUT2D eigenvalue weighted by molar-refractivity contribution is -0.892. The van der Waals surface area contributed by atoms with Crippen molar-refractivity contribution in [3.05, 3.63) is 84.9 Å². The summed E-state index contributed by atoms with van der Waals surface area (Å²) in [5, 5.41) is 2.99. The number of nitrogens with zero attached hydrogens (tertiary/aromatic N) is 1. The molecule has 0 bridgehead atoms. The first-order chi connectivity index (χ1) is 14.3. The Labute approximate surface area is 171 Å². The van der Waals surface area contributed by atoms with Gasteiger partial charge in [0.25, 0.3) is 5.91 Å². The number of ether oxygens (including phenoxy) is 1. The van der Waals surface area contributed by atoms with Crippen molar-refractivity contribution >= 4 is 17.3 Å². The molecule has 1 fully saturated rings. The summed E-state index contributed by atoms with van der Waals surface area (Å²) < 4.78 is 5.78. The lowest BCUT2D eigenvalue weighted by atomic mass is 10.2. The predicted molar refractivity (Wildman–Crippen MR) is 116 cm³/mol. The van der Waals surface area contributed by atoms with E-state index in [-0.39, 0.29) is 5.91 Å². The van der Waals surface area contributed by atoms with Gasteiger partial charge in [-0.2, -0.15) is 0 Å². The quantitative estimate of drug-likeness (QED) is 0.683. The maximum absolute atomic E-state index is 12.4. The minimum Gasteiger partial charge on any atom is -0.457 e. The lowest BCUT2D eigenvalue weighted by Gasteiger charge is -2.33. The zero-order valence-electron chi connectivity index (χ0n) is 16.4. The van der Waals surface area contributed by atoms with Crippen LogP contribution in [0.5, 0.6) is 11.5 Å². The zero-order chi connectivity index (χ0) is 19.9. The number of nitrogens with one attached hydrogen (secondary N) is 2. The number of para-hydroxylation sites is 2. The average Bonchev–Trinajstić information content (AvgIpc) is 2.77. The molecular formula is C24H26N3O2+. The van der Waals surface area contributed by atoms with Crippen LogP contribution in [0.1, 0.15) is 0 Å². The normalized spacial score (nSPS) is 14.4. The second kappa shape index (κ2) is 9.26. The number of hydrogen-bond acceptors (Lipinski definition) is 3. The molecule has 1 aliphatic rings. The van der Waals surface area contributed by atoms with Crippen molar-refractivity contribution in [1.29, 1.82) is 0 Å². The average molecular weight is 388 g/mol. The van der Waals surface area contributed by atoms with E-state index in [1.807, 2.05) is 60.7 Å². The number of piperazine rings is 1. The first-order valence-corrected chi connectivity index (χ1v) is 10.0. The fourth-order valence-electron chi connectivity index (χ4n) is 3.56. The standard InChI is InChI=1S/C24H25N3O2/c28-24(19-26-15-17-27(18-16-26)21-7-3-1-4-8-21)25-20-11-13-23(14-12-20)29-22-9-5-2-6-10-22/h1-14H,15-19H2,(H,25,28)/p+1. The first kappa shape index (κ1) is 19.0. The highest BCUT2D eigenvalue weighted by Crippen LogP contribution is 2.22. The van der Waals surface area contributed by atoms with Gasteiger partial charge in [-0.1, -0.05) is 36.4 Å². The topological polar surface area (TPSA) is 46.0 Å². The minimum absolute atomic E-state index is 0.0462. The number of hydrogen-bond donors (Lipinski definition) is 2. The van der Waals surface area contributed by atoms with Crippen LogP contribution >= 0.6 is 0 Å². The number of rotatable bonds is 6. The molecule has 29 heavy (non-hydrogen) atoms. The molecule has 1 aliphatic heterocycles. The van der Waals surface area contributed by atoms with Crippen molar-refractivity contribution in [1.82, 2.24) is 0 Å². The molecule has 0 radical (unpaired) electrons. The summed E-state index contributed by atoms with van der Waals surface area (Å²) in [5.74, 6) is 1.59. The third-order valence-electron chi connectivity index (χ3n) is 5.12. The monoisotopic (exact) mass is 388 g/mol. The second-order valence-electron chi connectivity index (χ2n) is 7.24. The smallest absolute Gasteiger partial charge is 0.279 e. The van der Waals surface area contributed by atoms with Crippen LogP contribution in [0.2, 0.25) is 0 Å². The van der Waals surface area contributed by atoms with Crippen LogP contribution in [0.3, 0.4) is 0 Å². The number of anilines is 2. The second-order valence-corrected chi connectivity index (χ2v) is 7.24. The van der Waals surface area contributed by atoms with Gasteiger partial charge in [0.2, 0.25) is 0 Å².